The van der Waals surface area contributed by atoms with E-state index in [4.69, 9.17) is 5.73 Å². The molecule has 0 atom stereocenters. The molecule has 108 valence electrons. The van der Waals surface area contributed by atoms with Crippen molar-refractivity contribution in [1.29, 1.82) is 0 Å². The van der Waals surface area contributed by atoms with E-state index in [1.165, 1.54) is 19.2 Å². The van der Waals surface area contributed by atoms with Crippen molar-refractivity contribution in [3.8, 4) is 0 Å². The van der Waals surface area contributed by atoms with Crippen LogP contribution in [0.15, 0.2) is 42.5 Å². The lowest BCUT2D eigenvalue weighted by molar-refractivity contribution is 0.0599. The van der Waals surface area contributed by atoms with Gasteiger partial charge in [0.25, 0.3) is 0 Å². The third-order valence-electron chi connectivity index (χ3n) is 3.22. The van der Waals surface area contributed by atoms with E-state index in [9.17, 15) is 14.7 Å². The zero-order valence-electron chi connectivity index (χ0n) is 11.5. The fourth-order valence-corrected chi connectivity index (χ4v) is 2.14. The van der Waals surface area contributed by atoms with Crippen LogP contribution < -0.4 is 5.73 Å². The Morgan fingerprint density at radius 1 is 1.10 bits per heavy atom. The first-order valence-corrected chi connectivity index (χ1v) is 6.31. The Kier molecular flexibility index (Phi) is 4.23. The van der Waals surface area contributed by atoms with Crippen LogP contribution in [0.25, 0.3) is 0 Å². The number of carboxylic acids is 1. The lowest BCUT2D eigenvalue weighted by atomic mass is 9.95. The predicted octanol–water partition coefficient (Wildman–Crippen LogP) is 2.34. The highest BCUT2D eigenvalue weighted by Crippen LogP contribution is 2.25. The van der Waals surface area contributed by atoms with Crippen molar-refractivity contribution in [2.24, 2.45) is 0 Å². The number of methoxy groups -OCH3 is 1. The number of aromatic carboxylic acids is 1. The number of benzene rings is 2. The van der Waals surface area contributed by atoms with Crippen molar-refractivity contribution >= 4 is 17.6 Å². The molecule has 5 heteroatoms. The smallest absolute Gasteiger partial charge is 0.339 e. The maximum absolute atomic E-state index is 11.7. The van der Waals surface area contributed by atoms with Crippen molar-refractivity contribution in [3.05, 3.63) is 64.7 Å². The fourth-order valence-electron chi connectivity index (χ4n) is 2.14. The van der Waals surface area contributed by atoms with Crippen LogP contribution in [0.4, 0.5) is 5.69 Å². The highest BCUT2D eigenvalue weighted by Gasteiger charge is 2.19. The van der Waals surface area contributed by atoms with Crippen LogP contribution in [0.2, 0.25) is 0 Å². The highest BCUT2D eigenvalue weighted by atomic mass is 16.5. The van der Waals surface area contributed by atoms with Gasteiger partial charge < -0.3 is 15.6 Å². The van der Waals surface area contributed by atoms with E-state index >= 15 is 0 Å². The molecule has 0 spiro atoms. The van der Waals surface area contributed by atoms with E-state index in [0.717, 1.165) is 5.56 Å². The average molecular weight is 285 g/mol. The van der Waals surface area contributed by atoms with Crippen LogP contribution in [-0.4, -0.2) is 24.2 Å². The van der Waals surface area contributed by atoms with Gasteiger partial charge >= 0.3 is 11.9 Å². The second-order valence-electron chi connectivity index (χ2n) is 4.51. The summed E-state index contributed by atoms with van der Waals surface area (Å²) >= 11 is 0. The number of rotatable bonds is 4. The summed E-state index contributed by atoms with van der Waals surface area (Å²) in [5.41, 5.74) is 7.71. The molecular weight excluding hydrogens is 270 g/mol. The van der Waals surface area contributed by atoms with Crippen LogP contribution in [0.3, 0.4) is 0 Å². The number of hydrogen-bond acceptors (Lipinski definition) is 4. The van der Waals surface area contributed by atoms with E-state index in [0.29, 0.717) is 12.0 Å². The topological polar surface area (TPSA) is 89.6 Å². The summed E-state index contributed by atoms with van der Waals surface area (Å²) in [7, 11) is 1.25. The molecule has 21 heavy (non-hydrogen) atoms. The Morgan fingerprint density at radius 3 is 2.29 bits per heavy atom. The van der Waals surface area contributed by atoms with Crippen molar-refractivity contribution in [1.82, 2.24) is 0 Å². The Bertz CT molecular complexity index is 680. The molecule has 0 saturated carbocycles. The van der Waals surface area contributed by atoms with E-state index in [1.54, 1.807) is 0 Å². The van der Waals surface area contributed by atoms with Crippen LogP contribution in [0.5, 0.6) is 0 Å². The molecule has 0 aliphatic heterocycles. The third-order valence-corrected chi connectivity index (χ3v) is 3.22. The minimum Gasteiger partial charge on any atom is -0.478 e. The van der Waals surface area contributed by atoms with Crippen LogP contribution in [0.1, 0.15) is 31.8 Å². The van der Waals surface area contributed by atoms with E-state index in [-0.39, 0.29) is 16.8 Å². The summed E-state index contributed by atoms with van der Waals surface area (Å²) < 4.78 is 4.66. The summed E-state index contributed by atoms with van der Waals surface area (Å²) in [5.74, 6) is -1.66. The first-order valence-electron chi connectivity index (χ1n) is 6.31. The maximum atomic E-state index is 11.7. The molecule has 0 amide bonds. The standard InChI is InChI=1S/C16H15NO4/c1-21-16(20)12-8-7-11(15(18)19)13(14(12)17)9-10-5-3-2-4-6-10/h2-8H,9,17H2,1H3,(H,18,19). The third kappa shape index (κ3) is 3.02. The molecule has 3 N–H and O–H groups in total. The molecule has 0 aromatic heterocycles. The SMILES string of the molecule is COC(=O)c1ccc(C(=O)O)c(Cc2ccccc2)c1N. The molecule has 2 aromatic rings. The number of carbonyl (C=O) groups excluding carboxylic acids is 1. The molecule has 5 nitrogen and oxygen atoms in total. The highest BCUT2D eigenvalue weighted by molar-refractivity contribution is 6.00. The summed E-state index contributed by atoms with van der Waals surface area (Å²) in [4.78, 5) is 23.0. The lowest BCUT2D eigenvalue weighted by Gasteiger charge is -2.13. The molecule has 0 radical (unpaired) electrons. The zero-order valence-corrected chi connectivity index (χ0v) is 11.5. The number of esters is 1. The van der Waals surface area contributed by atoms with Crippen molar-refractivity contribution in [2.45, 2.75) is 6.42 Å². The Balaban J connectivity index is 2.54. The number of nitrogens with two attached hydrogens (primary N) is 1. The molecular formula is C16H15NO4. The van der Waals surface area contributed by atoms with Crippen LogP contribution in [0, 0.1) is 0 Å². The molecule has 0 saturated heterocycles. The van der Waals surface area contributed by atoms with Crippen molar-refractivity contribution in [3.63, 3.8) is 0 Å². The number of carbonyl (C=O) groups is 2. The average Bonchev–Trinajstić information content (AvgIpc) is 2.49. The minimum absolute atomic E-state index is 0.0870. The van der Waals surface area contributed by atoms with E-state index < -0.39 is 11.9 Å². The van der Waals surface area contributed by atoms with E-state index in [1.807, 2.05) is 30.3 Å². The number of nitrogen functional groups attached to an aromatic ring is 1. The molecule has 0 heterocycles. The monoisotopic (exact) mass is 285 g/mol. The van der Waals surface area contributed by atoms with Crippen molar-refractivity contribution in [2.75, 3.05) is 12.8 Å². The van der Waals surface area contributed by atoms with Crippen LogP contribution in [-0.2, 0) is 11.2 Å². The number of hydrogen-bond donors (Lipinski definition) is 2. The summed E-state index contributed by atoms with van der Waals surface area (Å²) in [6.07, 6.45) is 0.332. The van der Waals surface area contributed by atoms with Gasteiger partial charge in [0.15, 0.2) is 0 Å². The molecule has 2 aromatic carbocycles. The maximum Gasteiger partial charge on any atom is 0.339 e. The van der Waals surface area contributed by atoms with Gasteiger partial charge in [-0.2, -0.15) is 0 Å². The van der Waals surface area contributed by atoms with Gasteiger partial charge in [-0.15, -0.1) is 0 Å². The van der Waals surface area contributed by atoms with Gasteiger partial charge in [-0.1, -0.05) is 30.3 Å². The first kappa shape index (κ1) is 14.6. The molecule has 0 aliphatic carbocycles. The number of anilines is 1. The largest absolute Gasteiger partial charge is 0.478 e. The Hall–Kier alpha value is -2.82. The second-order valence-corrected chi connectivity index (χ2v) is 4.51. The summed E-state index contributed by atoms with van der Waals surface area (Å²) in [5, 5.41) is 9.28. The number of ether oxygens (including phenoxy) is 1. The van der Waals surface area contributed by atoms with Gasteiger partial charge in [0.05, 0.1) is 23.9 Å². The van der Waals surface area contributed by atoms with Gasteiger partial charge in [-0.25, -0.2) is 9.59 Å². The Morgan fingerprint density at radius 2 is 1.71 bits per heavy atom. The van der Waals surface area contributed by atoms with Gasteiger partial charge in [-0.05, 0) is 23.3 Å². The minimum atomic E-state index is -1.08. The van der Waals surface area contributed by atoms with Gasteiger partial charge in [0.1, 0.15) is 0 Å². The lowest BCUT2D eigenvalue weighted by Crippen LogP contribution is -2.12. The first-order chi connectivity index (χ1) is 10.0. The van der Waals surface area contributed by atoms with Crippen LogP contribution >= 0.6 is 0 Å². The Labute approximate surface area is 122 Å². The molecule has 0 aliphatic rings. The van der Waals surface area contributed by atoms with Crippen molar-refractivity contribution < 1.29 is 19.4 Å². The normalized spacial score (nSPS) is 10.1. The fraction of sp³-hybridized carbons (Fsp3) is 0.125. The van der Waals surface area contributed by atoms with Gasteiger partial charge in [0.2, 0.25) is 0 Å². The van der Waals surface area contributed by atoms with Gasteiger partial charge in [-0.3, -0.25) is 0 Å². The quantitative estimate of drug-likeness (QED) is 0.664. The van der Waals surface area contributed by atoms with Gasteiger partial charge in [0, 0.05) is 6.42 Å². The molecule has 0 fully saturated rings. The second kappa shape index (κ2) is 6.09. The molecule has 0 bridgehead atoms. The zero-order chi connectivity index (χ0) is 15.4. The van der Waals surface area contributed by atoms with E-state index in [2.05, 4.69) is 4.74 Å². The number of carboxylic acid groups (broad SMARTS) is 1. The predicted molar refractivity (Wildman–Crippen MR) is 78.4 cm³/mol. The summed E-state index contributed by atoms with van der Waals surface area (Å²) in [6.45, 7) is 0. The molecule has 0 unspecified atom stereocenters. The molecule has 2 rings (SSSR count). The summed E-state index contributed by atoms with van der Waals surface area (Å²) in [6, 6.07) is 12.1.